The zero-order chi connectivity index (χ0) is 23.6. The molecule has 5 nitrogen and oxygen atoms in total. The second kappa shape index (κ2) is 9.39. The van der Waals surface area contributed by atoms with E-state index in [0.717, 1.165) is 22.9 Å². The summed E-state index contributed by atoms with van der Waals surface area (Å²) < 4.78 is 39.0. The van der Waals surface area contributed by atoms with Crippen molar-refractivity contribution in [2.75, 3.05) is 37.7 Å². The van der Waals surface area contributed by atoms with E-state index in [1.807, 2.05) is 49.1 Å². The molecule has 0 saturated carbocycles. The third kappa shape index (κ3) is 5.63. The van der Waals surface area contributed by atoms with E-state index < -0.39 is 11.7 Å². The first-order valence-corrected chi connectivity index (χ1v) is 11.0. The van der Waals surface area contributed by atoms with E-state index in [1.54, 1.807) is 6.07 Å². The zero-order valence-corrected chi connectivity index (χ0v) is 18.8. The Morgan fingerprint density at radius 3 is 2.36 bits per heavy atom. The number of aryl methyl sites for hydroxylation is 1. The third-order valence-corrected chi connectivity index (χ3v) is 6.03. The number of hydrazone groups is 1. The Hall–Kier alpha value is -3.13. The predicted molar refractivity (Wildman–Crippen MR) is 124 cm³/mol. The quantitative estimate of drug-likeness (QED) is 0.665. The highest BCUT2D eigenvalue weighted by Crippen LogP contribution is 2.32. The number of carbonyl (C=O) groups excluding carboxylic acids is 1. The van der Waals surface area contributed by atoms with E-state index in [2.05, 4.69) is 10.0 Å². The number of halogens is 3. The van der Waals surface area contributed by atoms with Crippen molar-refractivity contribution in [2.45, 2.75) is 26.4 Å². The van der Waals surface area contributed by atoms with Gasteiger partial charge in [0.05, 0.1) is 24.4 Å². The molecule has 2 aliphatic rings. The molecular formula is C25H27F3N4O. The molecule has 0 N–H and O–H groups in total. The maximum atomic E-state index is 13.0. The topological polar surface area (TPSA) is 39.1 Å². The molecule has 0 atom stereocenters. The molecule has 174 valence electrons. The van der Waals surface area contributed by atoms with Gasteiger partial charge in [-0.2, -0.15) is 18.3 Å². The van der Waals surface area contributed by atoms with Crippen LogP contribution in [0.1, 0.15) is 30.0 Å². The Balaban J connectivity index is 1.36. The van der Waals surface area contributed by atoms with Gasteiger partial charge in [-0.15, -0.1) is 0 Å². The fourth-order valence-electron chi connectivity index (χ4n) is 4.03. The summed E-state index contributed by atoms with van der Waals surface area (Å²) in [6.45, 7) is 6.77. The van der Waals surface area contributed by atoms with E-state index in [0.29, 0.717) is 45.0 Å². The minimum absolute atomic E-state index is 0.0562. The lowest BCUT2D eigenvalue weighted by Crippen LogP contribution is -2.50. The van der Waals surface area contributed by atoms with Gasteiger partial charge in [0.2, 0.25) is 5.91 Å². The van der Waals surface area contributed by atoms with Gasteiger partial charge in [0, 0.05) is 31.9 Å². The van der Waals surface area contributed by atoms with E-state index in [-0.39, 0.29) is 5.91 Å². The fraction of sp³-hybridized carbons (Fsp3) is 0.360. The van der Waals surface area contributed by atoms with Crippen molar-refractivity contribution in [2.24, 2.45) is 5.10 Å². The van der Waals surface area contributed by atoms with Gasteiger partial charge in [0.15, 0.2) is 0 Å². The van der Waals surface area contributed by atoms with Gasteiger partial charge in [0.1, 0.15) is 0 Å². The average molecular weight is 457 g/mol. The highest BCUT2D eigenvalue weighted by molar-refractivity contribution is 6.08. The first kappa shape index (κ1) is 23.0. The number of piperazine rings is 1. The Bertz CT molecular complexity index is 1070. The summed E-state index contributed by atoms with van der Waals surface area (Å²) in [6.07, 6.45) is -2.05. The van der Waals surface area contributed by atoms with Crippen molar-refractivity contribution in [3.63, 3.8) is 0 Å². The molecule has 2 aromatic carbocycles. The summed E-state index contributed by atoms with van der Waals surface area (Å²) in [7, 11) is 0. The molecule has 0 spiro atoms. The van der Waals surface area contributed by atoms with Crippen LogP contribution in [0, 0.1) is 6.92 Å². The normalized spacial score (nSPS) is 19.2. The molecular weight excluding hydrogens is 429 g/mol. The van der Waals surface area contributed by atoms with Gasteiger partial charge in [-0.25, -0.2) is 5.01 Å². The summed E-state index contributed by atoms with van der Waals surface area (Å²) in [5, 5.41) is 6.02. The van der Waals surface area contributed by atoms with Gasteiger partial charge in [-0.1, -0.05) is 35.9 Å². The number of rotatable bonds is 4. The van der Waals surface area contributed by atoms with Crippen molar-refractivity contribution in [3.8, 4) is 0 Å². The number of hydrogen-bond acceptors (Lipinski definition) is 4. The molecule has 0 aromatic heterocycles. The van der Waals surface area contributed by atoms with E-state index in [4.69, 9.17) is 0 Å². The fourth-order valence-corrected chi connectivity index (χ4v) is 4.03. The Labute approximate surface area is 191 Å². The van der Waals surface area contributed by atoms with Crippen molar-refractivity contribution in [1.29, 1.82) is 0 Å². The van der Waals surface area contributed by atoms with Crippen LogP contribution in [-0.2, 0) is 11.0 Å². The first-order chi connectivity index (χ1) is 15.7. The molecule has 2 aliphatic heterocycles. The molecule has 2 aromatic rings. The smallest absolute Gasteiger partial charge is 0.369 e. The molecule has 1 amide bonds. The lowest BCUT2D eigenvalue weighted by atomic mass is 10.0. The van der Waals surface area contributed by atoms with Gasteiger partial charge < -0.3 is 4.90 Å². The van der Waals surface area contributed by atoms with E-state index in [1.165, 1.54) is 22.7 Å². The number of benzene rings is 2. The molecule has 2 heterocycles. The van der Waals surface area contributed by atoms with Gasteiger partial charge in [-0.3, -0.25) is 9.69 Å². The van der Waals surface area contributed by atoms with Crippen LogP contribution >= 0.6 is 0 Å². The second-order valence-electron chi connectivity index (χ2n) is 8.53. The second-order valence-corrected chi connectivity index (χ2v) is 8.53. The Morgan fingerprint density at radius 1 is 1.00 bits per heavy atom. The molecule has 0 bridgehead atoms. The largest absolute Gasteiger partial charge is 0.416 e. The molecule has 1 fully saturated rings. The zero-order valence-electron chi connectivity index (χ0n) is 18.8. The Kier molecular flexibility index (Phi) is 6.56. The van der Waals surface area contributed by atoms with Crippen LogP contribution in [0.5, 0.6) is 0 Å². The number of nitrogens with zero attached hydrogens (tertiary/aromatic N) is 4. The summed E-state index contributed by atoms with van der Waals surface area (Å²) in [4.78, 5) is 16.8. The summed E-state index contributed by atoms with van der Waals surface area (Å²) in [5.41, 5.74) is 3.88. The minimum Gasteiger partial charge on any atom is -0.369 e. The van der Waals surface area contributed by atoms with Gasteiger partial charge in [-0.05, 0) is 49.3 Å². The van der Waals surface area contributed by atoms with Crippen LogP contribution < -0.4 is 4.90 Å². The van der Waals surface area contributed by atoms with E-state index >= 15 is 0 Å². The molecule has 1 saturated heterocycles. The molecule has 4 rings (SSSR count). The standard InChI is InChI=1S/C25H27F3N4O/c1-18-6-8-20(9-7-18)14-21-15-24(33)32(29-19(21)2)17-30-10-12-31(13-11-30)23-5-3-4-22(16-23)25(26,27)28/h3-9,14,16H,10-13,15,17H2,1-2H3/b21-14+. The Morgan fingerprint density at radius 2 is 1.70 bits per heavy atom. The van der Waals surface area contributed by atoms with Crippen molar-refractivity contribution in [3.05, 3.63) is 70.8 Å². The minimum atomic E-state index is -4.35. The molecule has 0 aliphatic carbocycles. The molecule has 33 heavy (non-hydrogen) atoms. The van der Waals surface area contributed by atoms with Crippen LogP contribution in [0.3, 0.4) is 0 Å². The number of carbonyl (C=O) groups is 1. The lowest BCUT2D eigenvalue weighted by molar-refractivity contribution is -0.137. The van der Waals surface area contributed by atoms with Gasteiger partial charge >= 0.3 is 6.18 Å². The molecule has 0 unspecified atom stereocenters. The first-order valence-electron chi connectivity index (χ1n) is 11.0. The summed E-state index contributed by atoms with van der Waals surface area (Å²) in [5.74, 6) is -0.0562. The van der Waals surface area contributed by atoms with Crippen molar-refractivity contribution in [1.82, 2.24) is 9.91 Å². The van der Waals surface area contributed by atoms with Crippen LogP contribution in [0.2, 0.25) is 0 Å². The van der Waals surface area contributed by atoms with Crippen LogP contribution in [-0.4, -0.2) is 54.4 Å². The SMILES string of the molecule is CC1=NN(CN2CCN(c3cccc(C(F)(F)F)c3)CC2)C(=O)C/C1=C\c1ccc(C)cc1. The highest BCUT2D eigenvalue weighted by atomic mass is 19.4. The van der Waals surface area contributed by atoms with E-state index in [9.17, 15) is 18.0 Å². The predicted octanol–water partition coefficient (Wildman–Crippen LogP) is 4.79. The number of hydrogen-bond donors (Lipinski definition) is 0. The lowest BCUT2D eigenvalue weighted by Gasteiger charge is -2.38. The molecule has 0 radical (unpaired) electrons. The summed E-state index contributed by atoms with van der Waals surface area (Å²) in [6, 6.07) is 13.5. The molecule has 8 heteroatoms. The monoisotopic (exact) mass is 456 g/mol. The number of anilines is 1. The van der Waals surface area contributed by atoms with Crippen LogP contribution in [0.15, 0.2) is 59.2 Å². The van der Waals surface area contributed by atoms with Crippen LogP contribution in [0.4, 0.5) is 18.9 Å². The third-order valence-electron chi connectivity index (χ3n) is 6.03. The summed E-state index contributed by atoms with van der Waals surface area (Å²) >= 11 is 0. The highest BCUT2D eigenvalue weighted by Gasteiger charge is 2.31. The maximum Gasteiger partial charge on any atom is 0.416 e. The van der Waals surface area contributed by atoms with Crippen molar-refractivity contribution < 1.29 is 18.0 Å². The average Bonchev–Trinajstić information content (AvgIpc) is 2.79. The maximum absolute atomic E-state index is 13.0. The van der Waals surface area contributed by atoms with Gasteiger partial charge in [0.25, 0.3) is 0 Å². The van der Waals surface area contributed by atoms with Crippen molar-refractivity contribution >= 4 is 23.4 Å². The number of alkyl halides is 3. The number of amides is 1. The van der Waals surface area contributed by atoms with Crippen LogP contribution in [0.25, 0.3) is 6.08 Å².